The van der Waals surface area contributed by atoms with E-state index in [1.54, 1.807) is 30.3 Å². The minimum Gasteiger partial charge on any atom is -0.461 e. The molecule has 0 saturated carbocycles. The summed E-state index contributed by atoms with van der Waals surface area (Å²) in [6.45, 7) is 1.15. The second-order valence-electron chi connectivity index (χ2n) is 4.74. The highest BCUT2D eigenvalue weighted by molar-refractivity contribution is 5.76. The van der Waals surface area contributed by atoms with Crippen LogP contribution in [0.15, 0.2) is 40.8 Å². The first-order chi connectivity index (χ1) is 10.2. The number of amides is 1. The Morgan fingerprint density at radius 3 is 2.81 bits per heavy atom. The molecule has 2 rings (SSSR count). The van der Waals surface area contributed by atoms with E-state index in [0.717, 1.165) is 6.42 Å². The number of carbonyl (C=O) groups is 1. The van der Waals surface area contributed by atoms with E-state index in [1.165, 1.54) is 6.07 Å². The van der Waals surface area contributed by atoms with Crippen molar-refractivity contribution in [3.05, 3.63) is 48.0 Å². The maximum absolute atomic E-state index is 13.6. The second-order valence-corrected chi connectivity index (χ2v) is 4.74. The van der Waals surface area contributed by atoms with Crippen molar-refractivity contribution >= 4 is 5.91 Å². The molecule has 1 heterocycles. The summed E-state index contributed by atoms with van der Waals surface area (Å²) in [5, 5.41) is 2.78. The predicted molar refractivity (Wildman–Crippen MR) is 79.1 cm³/mol. The molecule has 1 amide bonds. The van der Waals surface area contributed by atoms with E-state index < -0.39 is 0 Å². The van der Waals surface area contributed by atoms with Crippen molar-refractivity contribution in [3.8, 4) is 11.3 Å². The quantitative estimate of drug-likeness (QED) is 0.770. The van der Waals surface area contributed by atoms with Crippen molar-refractivity contribution in [2.75, 3.05) is 13.1 Å². The molecule has 1 aromatic carbocycles. The van der Waals surface area contributed by atoms with Gasteiger partial charge in [-0.1, -0.05) is 12.1 Å². The summed E-state index contributed by atoms with van der Waals surface area (Å²) < 4.78 is 19.2. The monoisotopic (exact) mass is 290 g/mol. The Labute approximate surface area is 123 Å². The van der Waals surface area contributed by atoms with Gasteiger partial charge in [0.25, 0.3) is 0 Å². The van der Waals surface area contributed by atoms with Crippen molar-refractivity contribution in [1.82, 2.24) is 5.32 Å². The standard InChI is InChI=1S/C16H19FN2O2/c17-14-5-2-1-4-13(14)15-8-6-12(21-15)7-9-16(20)19-11-3-10-18/h1-2,4-6,8H,3,7,9-11,18H2,(H,19,20). The van der Waals surface area contributed by atoms with Gasteiger partial charge in [0.05, 0.1) is 5.56 Å². The fourth-order valence-corrected chi connectivity index (χ4v) is 1.97. The van der Waals surface area contributed by atoms with E-state index in [1.807, 2.05) is 0 Å². The van der Waals surface area contributed by atoms with Crippen molar-refractivity contribution in [2.45, 2.75) is 19.3 Å². The van der Waals surface area contributed by atoms with E-state index in [2.05, 4.69) is 5.32 Å². The average Bonchev–Trinajstić information content (AvgIpc) is 2.94. The molecule has 0 aliphatic carbocycles. The predicted octanol–water partition coefficient (Wildman–Crippen LogP) is 2.48. The Morgan fingerprint density at radius 1 is 1.24 bits per heavy atom. The van der Waals surface area contributed by atoms with Gasteiger partial charge < -0.3 is 15.5 Å². The second kappa shape index (κ2) is 7.59. The number of hydrogen-bond acceptors (Lipinski definition) is 3. The maximum atomic E-state index is 13.6. The van der Waals surface area contributed by atoms with Gasteiger partial charge in [-0.2, -0.15) is 0 Å². The first-order valence-corrected chi connectivity index (χ1v) is 7.01. The van der Waals surface area contributed by atoms with Crippen LogP contribution in [0.4, 0.5) is 4.39 Å². The van der Waals surface area contributed by atoms with Crippen LogP contribution < -0.4 is 11.1 Å². The number of aryl methyl sites for hydroxylation is 1. The highest BCUT2D eigenvalue weighted by atomic mass is 19.1. The molecule has 0 atom stereocenters. The van der Waals surface area contributed by atoms with Crippen molar-refractivity contribution in [2.24, 2.45) is 5.73 Å². The molecule has 0 aliphatic rings. The summed E-state index contributed by atoms with van der Waals surface area (Å²) in [6.07, 6.45) is 1.60. The first kappa shape index (κ1) is 15.3. The van der Waals surface area contributed by atoms with E-state index in [0.29, 0.717) is 43.0 Å². The van der Waals surface area contributed by atoms with Crippen LogP contribution in [0.3, 0.4) is 0 Å². The van der Waals surface area contributed by atoms with E-state index in [4.69, 9.17) is 10.2 Å². The molecule has 5 heteroatoms. The van der Waals surface area contributed by atoms with Gasteiger partial charge in [0, 0.05) is 19.4 Å². The normalized spacial score (nSPS) is 10.6. The van der Waals surface area contributed by atoms with Crippen LogP contribution in [-0.2, 0) is 11.2 Å². The van der Waals surface area contributed by atoms with Crippen LogP contribution >= 0.6 is 0 Å². The molecular formula is C16H19FN2O2. The number of halogens is 1. The third-order valence-electron chi connectivity index (χ3n) is 3.10. The summed E-state index contributed by atoms with van der Waals surface area (Å²) in [6, 6.07) is 9.94. The molecule has 1 aromatic heterocycles. The molecule has 0 saturated heterocycles. The van der Waals surface area contributed by atoms with Crippen molar-refractivity contribution < 1.29 is 13.6 Å². The highest BCUT2D eigenvalue weighted by Gasteiger charge is 2.10. The third-order valence-corrected chi connectivity index (χ3v) is 3.10. The lowest BCUT2D eigenvalue weighted by Gasteiger charge is -2.03. The minimum absolute atomic E-state index is 0.0349. The lowest BCUT2D eigenvalue weighted by molar-refractivity contribution is -0.121. The molecule has 0 radical (unpaired) electrons. The summed E-state index contributed by atoms with van der Waals surface area (Å²) >= 11 is 0. The minimum atomic E-state index is -0.321. The smallest absolute Gasteiger partial charge is 0.220 e. The van der Waals surface area contributed by atoms with Gasteiger partial charge in [-0.3, -0.25) is 4.79 Å². The summed E-state index contributed by atoms with van der Waals surface area (Å²) in [4.78, 5) is 11.6. The van der Waals surface area contributed by atoms with Gasteiger partial charge in [-0.05, 0) is 37.2 Å². The average molecular weight is 290 g/mol. The van der Waals surface area contributed by atoms with Gasteiger partial charge in [0.2, 0.25) is 5.91 Å². The van der Waals surface area contributed by atoms with Crippen LogP contribution in [-0.4, -0.2) is 19.0 Å². The molecule has 21 heavy (non-hydrogen) atoms. The Bertz CT molecular complexity index is 595. The first-order valence-electron chi connectivity index (χ1n) is 7.01. The number of benzene rings is 1. The van der Waals surface area contributed by atoms with Crippen LogP contribution in [0.2, 0.25) is 0 Å². The van der Waals surface area contributed by atoms with E-state index in [-0.39, 0.29) is 11.7 Å². The molecule has 2 aromatic rings. The third kappa shape index (κ3) is 4.43. The number of hydrogen-bond donors (Lipinski definition) is 2. The van der Waals surface area contributed by atoms with Crippen LogP contribution in [0.25, 0.3) is 11.3 Å². The van der Waals surface area contributed by atoms with Gasteiger partial charge in [0.15, 0.2) is 0 Å². The molecule has 0 bridgehead atoms. The highest BCUT2D eigenvalue weighted by Crippen LogP contribution is 2.25. The topological polar surface area (TPSA) is 68.3 Å². The number of nitrogens with two attached hydrogens (primary N) is 1. The van der Waals surface area contributed by atoms with E-state index >= 15 is 0 Å². The molecule has 0 unspecified atom stereocenters. The molecule has 4 nitrogen and oxygen atoms in total. The van der Waals surface area contributed by atoms with E-state index in [9.17, 15) is 9.18 Å². The van der Waals surface area contributed by atoms with Gasteiger partial charge in [0.1, 0.15) is 17.3 Å². The van der Waals surface area contributed by atoms with Gasteiger partial charge in [-0.25, -0.2) is 4.39 Å². The SMILES string of the molecule is NCCCNC(=O)CCc1ccc(-c2ccccc2F)o1. The maximum Gasteiger partial charge on any atom is 0.220 e. The molecule has 3 N–H and O–H groups in total. The Balaban J connectivity index is 1.89. The zero-order valence-electron chi connectivity index (χ0n) is 11.8. The zero-order valence-corrected chi connectivity index (χ0v) is 11.8. The van der Waals surface area contributed by atoms with Crippen molar-refractivity contribution in [1.29, 1.82) is 0 Å². The summed E-state index contributed by atoms with van der Waals surface area (Å²) in [5.74, 6) is 0.791. The molecule has 0 spiro atoms. The summed E-state index contributed by atoms with van der Waals surface area (Å²) in [7, 11) is 0. The largest absolute Gasteiger partial charge is 0.461 e. The number of nitrogens with one attached hydrogen (secondary N) is 1. The number of furan rings is 1. The molecular weight excluding hydrogens is 271 g/mol. The van der Waals surface area contributed by atoms with Gasteiger partial charge in [-0.15, -0.1) is 0 Å². The molecule has 112 valence electrons. The molecule has 0 aliphatic heterocycles. The number of rotatable bonds is 7. The van der Waals surface area contributed by atoms with Crippen LogP contribution in [0, 0.1) is 5.82 Å². The van der Waals surface area contributed by atoms with Crippen LogP contribution in [0.5, 0.6) is 0 Å². The van der Waals surface area contributed by atoms with Crippen molar-refractivity contribution in [3.63, 3.8) is 0 Å². The fraction of sp³-hybridized carbons (Fsp3) is 0.312. The van der Waals surface area contributed by atoms with Crippen LogP contribution in [0.1, 0.15) is 18.6 Å². The molecule has 0 fully saturated rings. The number of carbonyl (C=O) groups excluding carboxylic acids is 1. The fourth-order valence-electron chi connectivity index (χ4n) is 1.97. The Kier molecular flexibility index (Phi) is 5.51. The summed E-state index contributed by atoms with van der Waals surface area (Å²) in [5.41, 5.74) is 5.78. The lowest BCUT2D eigenvalue weighted by atomic mass is 10.1. The Hall–Kier alpha value is -2.14. The Morgan fingerprint density at radius 2 is 2.05 bits per heavy atom. The van der Waals surface area contributed by atoms with Gasteiger partial charge >= 0.3 is 0 Å². The lowest BCUT2D eigenvalue weighted by Crippen LogP contribution is -2.26. The zero-order chi connectivity index (χ0) is 15.1.